The van der Waals surface area contributed by atoms with Gasteiger partial charge < -0.3 is 10.1 Å². The molecule has 0 atom stereocenters. The van der Waals surface area contributed by atoms with Crippen molar-refractivity contribution in [3.63, 3.8) is 0 Å². The van der Waals surface area contributed by atoms with Gasteiger partial charge in [0.25, 0.3) is 0 Å². The van der Waals surface area contributed by atoms with Gasteiger partial charge in [-0.05, 0) is 26.3 Å². The molecule has 0 fully saturated rings. The number of anilines is 1. The molecule has 1 amide bonds. The van der Waals surface area contributed by atoms with Gasteiger partial charge in [-0.15, -0.1) is 11.3 Å². The summed E-state index contributed by atoms with van der Waals surface area (Å²) in [6, 6.07) is 0. The van der Waals surface area contributed by atoms with E-state index in [9.17, 15) is 32.9 Å². The number of hydrogen-bond donors (Lipinski definition) is 1. The Bertz CT molecular complexity index is 964. The molecule has 0 bridgehead atoms. The van der Waals surface area contributed by atoms with Gasteiger partial charge in [-0.3, -0.25) is 19.6 Å². The van der Waals surface area contributed by atoms with Gasteiger partial charge in [-0.2, -0.15) is 18.3 Å². The Kier molecular flexibility index (Phi) is 5.77. The first-order valence-corrected chi connectivity index (χ1v) is 8.47. The molecular weight excluding hydrogens is 405 g/mol. The SMILES string of the molecule is COC(=O)c1c(NC(=O)Cn2nc(C(F)(F)F)c([N+](=O)[O-])c2C)sc(C)c1C. The largest absolute Gasteiger partial charge is 0.465 e. The van der Waals surface area contributed by atoms with Crippen molar-refractivity contribution < 1.29 is 32.4 Å². The zero-order valence-electron chi connectivity index (χ0n) is 15.1. The third kappa shape index (κ3) is 3.98. The zero-order chi connectivity index (χ0) is 21.4. The van der Waals surface area contributed by atoms with E-state index in [0.717, 1.165) is 23.1 Å². The number of rotatable bonds is 5. The van der Waals surface area contributed by atoms with Gasteiger partial charge in [-0.1, -0.05) is 0 Å². The number of nitro groups is 1. The number of esters is 1. The van der Waals surface area contributed by atoms with Crippen LogP contribution in [-0.4, -0.2) is 33.7 Å². The van der Waals surface area contributed by atoms with Crippen LogP contribution in [0.4, 0.5) is 23.9 Å². The lowest BCUT2D eigenvalue weighted by Gasteiger charge is -2.07. The number of carbonyl (C=O) groups is 2. The third-order valence-electron chi connectivity index (χ3n) is 3.95. The van der Waals surface area contributed by atoms with Crippen molar-refractivity contribution in [3.8, 4) is 0 Å². The Labute approximate surface area is 160 Å². The molecule has 2 aromatic rings. The van der Waals surface area contributed by atoms with Gasteiger partial charge in [0.1, 0.15) is 17.2 Å². The minimum atomic E-state index is -5.05. The number of hydrogen-bond acceptors (Lipinski definition) is 7. The van der Waals surface area contributed by atoms with E-state index in [2.05, 4.69) is 15.2 Å². The van der Waals surface area contributed by atoms with Gasteiger partial charge in [-0.25, -0.2) is 4.79 Å². The highest BCUT2D eigenvalue weighted by molar-refractivity contribution is 7.16. The Morgan fingerprint density at radius 3 is 2.39 bits per heavy atom. The number of amides is 1. The van der Waals surface area contributed by atoms with Crippen LogP contribution in [0.15, 0.2) is 0 Å². The molecule has 0 aliphatic heterocycles. The number of ether oxygens (including phenoxy) is 1. The molecule has 1 N–H and O–H groups in total. The van der Waals surface area contributed by atoms with Crippen molar-refractivity contribution in [3.05, 3.63) is 37.5 Å². The molecule has 2 heterocycles. The van der Waals surface area contributed by atoms with E-state index in [1.807, 2.05) is 0 Å². The van der Waals surface area contributed by atoms with Crippen LogP contribution in [0.25, 0.3) is 0 Å². The number of aromatic nitrogens is 2. The second-order valence-corrected chi connectivity index (χ2v) is 6.95. The maximum atomic E-state index is 13.0. The number of nitrogens with zero attached hydrogens (tertiary/aromatic N) is 3. The monoisotopic (exact) mass is 420 g/mol. The van der Waals surface area contributed by atoms with Crippen LogP contribution >= 0.6 is 11.3 Å². The second kappa shape index (κ2) is 7.58. The zero-order valence-corrected chi connectivity index (χ0v) is 15.9. The molecule has 2 rings (SSSR count). The number of methoxy groups -OCH3 is 1. The number of halogens is 3. The fraction of sp³-hybridized carbons (Fsp3) is 0.400. The maximum Gasteiger partial charge on any atom is 0.442 e. The summed E-state index contributed by atoms with van der Waals surface area (Å²) in [5, 5.41) is 16.8. The minimum Gasteiger partial charge on any atom is -0.465 e. The lowest BCUT2D eigenvalue weighted by molar-refractivity contribution is -0.388. The smallest absolute Gasteiger partial charge is 0.442 e. The first-order valence-electron chi connectivity index (χ1n) is 7.65. The highest BCUT2D eigenvalue weighted by Crippen LogP contribution is 2.37. The van der Waals surface area contributed by atoms with Gasteiger partial charge in [0.2, 0.25) is 11.6 Å². The Balaban J connectivity index is 2.34. The van der Waals surface area contributed by atoms with E-state index in [1.165, 1.54) is 7.11 Å². The molecule has 152 valence electrons. The van der Waals surface area contributed by atoms with Crippen LogP contribution in [-0.2, 0) is 22.3 Å². The predicted molar refractivity (Wildman–Crippen MR) is 92.4 cm³/mol. The van der Waals surface area contributed by atoms with Gasteiger partial charge in [0, 0.05) is 4.88 Å². The van der Waals surface area contributed by atoms with Crippen LogP contribution in [0.1, 0.15) is 32.2 Å². The molecule has 0 aliphatic carbocycles. The molecule has 0 aliphatic rings. The average Bonchev–Trinajstić information content (AvgIpc) is 3.04. The highest BCUT2D eigenvalue weighted by Gasteiger charge is 2.44. The first-order chi connectivity index (χ1) is 12.9. The fourth-order valence-electron chi connectivity index (χ4n) is 2.47. The summed E-state index contributed by atoms with van der Waals surface area (Å²) in [4.78, 5) is 34.7. The van der Waals surface area contributed by atoms with Gasteiger partial charge in [0.15, 0.2) is 0 Å². The molecule has 13 heteroatoms. The molecule has 28 heavy (non-hydrogen) atoms. The van der Waals surface area contributed by atoms with E-state index in [4.69, 9.17) is 0 Å². The summed E-state index contributed by atoms with van der Waals surface area (Å²) < 4.78 is 44.2. The molecule has 0 saturated carbocycles. The van der Waals surface area contributed by atoms with E-state index >= 15 is 0 Å². The number of thiophene rings is 1. The molecule has 0 spiro atoms. The van der Waals surface area contributed by atoms with Crippen LogP contribution in [0, 0.1) is 30.9 Å². The van der Waals surface area contributed by atoms with E-state index < -0.39 is 46.6 Å². The van der Waals surface area contributed by atoms with Crippen molar-refractivity contribution in [1.29, 1.82) is 0 Å². The standard InChI is InChI=1S/C15H15F3N4O5S/c1-6-8(3)28-13(10(6)14(24)27-4)19-9(23)5-21-7(2)11(22(25)26)12(20-21)15(16,17)18/h5H2,1-4H3,(H,19,23). The molecule has 0 saturated heterocycles. The highest BCUT2D eigenvalue weighted by atomic mass is 32.1. The summed E-state index contributed by atoms with van der Waals surface area (Å²) in [6.07, 6.45) is -5.05. The summed E-state index contributed by atoms with van der Waals surface area (Å²) in [5.74, 6) is -1.48. The summed E-state index contributed by atoms with van der Waals surface area (Å²) in [6.45, 7) is 3.73. The normalized spacial score (nSPS) is 11.4. The van der Waals surface area contributed by atoms with Crippen LogP contribution in [0.2, 0.25) is 0 Å². The van der Waals surface area contributed by atoms with Crippen LogP contribution < -0.4 is 5.32 Å². The summed E-state index contributed by atoms with van der Waals surface area (Å²) >= 11 is 1.09. The van der Waals surface area contributed by atoms with Crippen molar-refractivity contribution in [2.75, 3.05) is 12.4 Å². The Morgan fingerprint density at radius 1 is 1.32 bits per heavy atom. The lowest BCUT2D eigenvalue weighted by Crippen LogP contribution is -2.21. The Morgan fingerprint density at radius 2 is 1.93 bits per heavy atom. The van der Waals surface area contributed by atoms with E-state index in [0.29, 0.717) is 10.2 Å². The van der Waals surface area contributed by atoms with Crippen LogP contribution in [0.3, 0.4) is 0 Å². The van der Waals surface area contributed by atoms with Crippen molar-refractivity contribution in [1.82, 2.24) is 9.78 Å². The fourth-order valence-corrected chi connectivity index (χ4v) is 3.53. The average molecular weight is 420 g/mol. The lowest BCUT2D eigenvalue weighted by atomic mass is 10.1. The molecule has 0 aromatic carbocycles. The van der Waals surface area contributed by atoms with E-state index in [1.54, 1.807) is 13.8 Å². The third-order valence-corrected chi connectivity index (χ3v) is 5.07. The quantitative estimate of drug-likeness (QED) is 0.451. The predicted octanol–water partition coefficient (Wildman–Crippen LogP) is 3.22. The number of alkyl halides is 3. The Hall–Kier alpha value is -2.96. The van der Waals surface area contributed by atoms with Crippen molar-refractivity contribution in [2.45, 2.75) is 33.5 Å². The van der Waals surface area contributed by atoms with Crippen molar-refractivity contribution in [2.24, 2.45) is 0 Å². The molecule has 2 aromatic heterocycles. The van der Waals surface area contributed by atoms with E-state index in [-0.39, 0.29) is 10.6 Å². The number of nitrogens with one attached hydrogen (secondary N) is 1. The maximum absolute atomic E-state index is 13.0. The summed E-state index contributed by atoms with van der Waals surface area (Å²) in [7, 11) is 1.17. The molecular formula is C15H15F3N4O5S. The number of aryl methyl sites for hydroxylation is 1. The topological polar surface area (TPSA) is 116 Å². The summed E-state index contributed by atoms with van der Waals surface area (Å²) in [5.41, 5.74) is -2.58. The first kappa shape index (κ1) is 21.3. The van der Waals surface area contributed by atoms with Crippen LogP contribution in [0.5, 0.6) is 0 Å². The molecule has 0 radical (unpaired) electrons. The number of carbonyl (C=O) groups excluding carboxylic acids is 2. The van der Waals surface area contributed by atoms with Gasteiger partial charge >= 0.3 is 17.8 Å². The molecule has 9 nitrogen and oxygen atoms in total. The van der Waals surface area contributed by atoms with Crippen molar-refractivity contribution >= 4 is 33.9 Å². The molecule has 0 unspecified atom stereocenters. The minimum absolute atomic E-state index is 0.137. The second-order valence-electron chi connectivity index (χ2n) is 5.72. The van der Waals surface area contributed by atoms with Gasteiger partial charge in [0.05, 0.1) is 17.6 Å².